The Morgan fingerprint density at radius 3 is 1.41 bits per heavy atom. The number of hydrogen-bond donors (Lipinski definition) is 0. The average molecular weight is 1450 g/mol. The topological polar surface area (TPSA) is 90.2 Å². The Kier molecular flexibility index (Phi) is 18.7. The van der Waals surface area contributed by atoms with Gasteiger partial charge in [0.15, 0.2) is 0 Å². The van der Waals surface area contributed by atoms with E-state index in [0.29, 0.717) is 0 Å². The van der Waals surface area contributed by atoms with Crippen LogP contribution >= 0.6 is 11.3 Å². The first kappa shape index (κ1) is 63.8. The fraction of sp³-hybridized carbons (Fsp3) is 0.0449. The predicted octanol–water partition coefficient (Wildman–Crippen LogP) is 23.2. The van der Waals surface area contributed by atoms with Gasteiger partial charge in [-0.1, -0.05) is 233 Å². The van der Waals surface area contributed by atoms with Crippen molar-refractivity contribution in [1.29, 1.82) is 0 Å². The fourth-order valence-electron chi connectivity index (χ4n) is 12.6. The molecule has 0 aliphatic rings. The van der Waals surface area contributed by atoms with Gasteiger partial charge in [-0.15, -0.1) is 83.1 Å². The number of nitrogens with zero attached hydrogens (tertiary/aromatic N) is 7. The van der Waals surface area contributed by atoms with Crippen molar-refractivity contribution in [1.82, 2.24) is 34.9 Å². The first-order valence-corrected chi connectivity index (χ1v) is 33.2. The van der Waals surface area contributed by atoms with Gasteiger partial charge in [0.2, 0.25) is 0 Å². The van der Waals surface area contributed by atoms with E-state index >= 15 is 0 Å². The monoisotopic (exact) mass is 1450 g/mol. The number of rotatable bonds is 7. The van der Waals surface area contributed by atoms with Gasteiger partial charge in [-0.05, 0) is 103 Å². The molecule has 98 heavy (non-hydrogen) atoms. The van der Waals surface area contributed by atoms with E-state index in [1.165, 1.54) is 69.9 Å². The molecule has 0 fully saturated rings. The van der Waals surface area contributed by atoms with E-state index in [0.717, 1.165) is 88.6 Å². The summed E-state index contributed by atoms with van der Waals surface area (Å²) in [6.45, 7) is 6.44. The summed E-state index contributed by atoms with van der Waals surface area (Å²) in [6.07, 6.45) is 9.08. The summed E-state index contributed by atoms with van der Waals surface area (Å²) >= 11 is 1.87. The van der Waals surface area contributed by atoms with Gasteiger partial charge in [-0.2, -0.15) is 0 Å². The summed E-state index contributed by atoms with van der Waals surface area (Å²) < 4.78 is 2.66. The molecule has 18 aromatic rings. The SMILES string of the molecule is CC(C)(C)c1cc(-c2[c-]cccc2)ncn1.[Ir].[c-]1ccccc1-c1ccccn1.c1cc(-c2cccc(-c3cccc4c3sc3ccccc34)c2)cc(-c2cnc3c4ccccc4c4ccccc4c3n2)c1.c1ccc(-c2ccnc3c2ccc2c(-c4ccccc4)ccnc23)cc1. The molecular formula is C89H63IrN7S-2. The fourth-order valence-corrected chi connectivity index (χ4v) is 13.8. The van der Waals surface area contributed by atoms with Crippen molar-refractivity contribution in [3.05, 3.63) is 346 Å². The molecule has 6 aromatic heterocycles. The van der Waals surface area contributed by atoms with Gasteiger partial charge in [0.05, 0.1) is 34.0 Å². The van der Waals surface area contributed by atoms with Crippen molar-refractivity contribution in [3.8, 4) is 78.3 Å². The number of thiophene rings is 1. The Bertz CT molecular complexity index is 5640. The molecule has 0 spiro atoms. The third kappa shape index (κ3) is 13.4. The third-order valence-electron chi connectivity index (χ3n) is 17.4. The second-order valence-corrected chi connectivity index (χ2v) is 25.7. The first-order chi connectivity index (χ1) is 47.8. The molecule has 12 aromatic carbocycles. The number of hydrogen-bond acceptors (Lipinski definition) is 8. The zero-order valence-corrected chi connectivity index (χ0v) is 57.3. The van der Waals surface area contributed by atoms with Crippen LogP contribution in [0.5, 0.6) is 0 Å². The second-order valence-electron chi connectivity index (χ2n) is 24.6. The van der Waals surface area contributed by atoms with E-state index in [-0.39, 0.29) is 25.5 Å². The van der Waals surface area contributed by atoms with Gasteiger partial charge in [0.25, 0.3) is 0 Å². The van der Waals surface area contributed by atoms with Gasteiger partial charge in [0.1, 0.15) is 6.33 Å². The van der Waals surface area contributed by atoms with Crippen LogP contribution in [-0.4, -0.2) is 34.9 Å². The van der Waals surface area contributed by atoms with Gasteiger partial charge in [-0.25, -0.2) is 9.97 Å². The summed E-state index contributed by atoms with van der Waals surface area (Å²) in [7, 11) is 0. The molecule has 0 atom stereocenters. The summed E-state index contributed by atoms with van der Waals surface area (Å²) in [5.41, 5.74) is 20.4. The van der Waals surface area contributed by atoms with Gasteiger partial charge in [-0.3, -0.25) is 19.9 Å². The molecule has 0 N–H and O–H groups in total. The molecule has 9 heteroatoms. The standard InChI is InChI=1S/C40H24N2S.C24H16N2.C14H15N2.C11H8N.Ir/c1-3-17-33-30(14-1)31-15-2-4-18-34(31)39-38(33)41-24-36(42-39)28-13-8-11-26(23-28)25-10-7-12-27(22-25)29-19-9-20-35-32-16-5-6-21-37(32)43-40(29)35;1-3-7-17(8-4-1)19-13-15-25-23-21(19)11-12-22-20(14-16-26-24(22)23)18-9-5-2-6-10-18;1-14(2,3)13-9-12(15-10-16-13)11-7-5-4-6-8-11;1-2-6-10(7-3-1)11-8-4-5-9-12-11;/h1-24H;1-16H;4-7,9-10H,1-3H3;1-6,8-9H;/q;;2*-1;. The molecule has 7 nitrogen and oxygen atoms in total. The van der Waals surface area contributed by atoms with Crippen molar-refractivity contribution in [3.63, 3.8) is 0 Å². The first-order valence-electron chi connectivity index (χ1n) is 32.4. The predicted molar refractivity (Wildman–Crippen MR) is 405 cm³/mol. The molecule has 0 bridgehead atoms. The molecule has 0 unspecified atom stereocenters. The Balaban J connectivity index is 0.000000126. The third-order valence-corrected chi connectivity index (χ3v) is 18.6. The molecule has 0 saturated heterocycles. The molecule has 0 aliphatic heterocycles. The van der Waals surface area contributed by atoms with Crippen LogP contribution in [0.25, 0.3) is 153 Å². The van der Waals surface area contributed by atoms with Crippen LogP contribution < -0.4 is 0 Å². The minimum absolute atomic E-state index is 0. The second kappa shape index (κ2) is 28.8. The number of pyridine rings is 3. The van der Waals surface area contributed by atoms with E-state index < -0.39 is 0 Å². The van der Waals surface area contributed by atoms with E-state index in [4.69, 9.17) is 9.97 Å². The Hall–Kier alpha value is -11.6. The average Bonchev–Trinajstić information content (AvgIpc) is 0.978. The number of aromatic nitrogens is 7. The summed E-state index contributed by atoms with van der Waals surface area (Å²) in [6, 6.07) is 109. The minimum Gasteiger partial charge on any atom is -0.305 e. The molecule has 0 saturated carbocycles. The van der Waals surface area contributed by atoms with Crippen molar-refractivity contribution in [2.75, 3.05) is 0 Å². The van der Waals surface area contributed by atoms with Crippen molar-refractivity contribution < 1.29 is 20.1 Å². The number of benzene rings is 12. The normalized spacial score (nSPS) is 11.1. The zero-order valence-electron chi connectivity index (χ0n) is 54.0. The van der Waals surface area contributed by atoms with Gasteiger partial charge >= 0.3 is 0 Å². The summed E-state index contributed by atoms with van der Waals surface area (Å²) in [5, 5.41) is 9.58. The van der Waals surface area contributed by atoms with Gasteiger partial charge < -0.3 is 4.98 Å². The smallest absolute Gasteiger partial charge is 0.105 e. The molecule has 6 heterocycles. The van der Waals surface area contributed by atoms with E-state index in [1.54, 1.807) is 12.5 Å². The molecule has 471 valence electrons. The Morgan fingerprint density at radius 2 is 0.806 bits per heavy atom. The van der Waals surface area contributed by atoms with E-state index in [9.17, 15) is 0 Å². The quantitative estimate of drug-likeness (QED) is 0.116. The van der Waals surface area contributed by atoms with Crippen LogP contribution in [0.1, 0.15) is 26.5 Å². The van der Waals surface area contributed by atoms with Gasteiger partial charge in [0, 0.05) is 97.1 Å². The minimum atomic E-state index is 0. The molecule has 1 radical (unpaired) electrons. The van der Waals surface area contributed by atoms with Crippen LogP contribution in [0, 0.1) is 12.1 Å². The van der Waals surface area contributed by atoms with Crippen LogP contribution in [0.15, 0.2) is 328 Å². The maximum Gasteiger partial charge on any atom is 0.105 e. The summed E-state index contributed by atoms with van der Waals surface area (Å²) in [4.78, 5) is 32.3. The maximum absolute atomic E-state index is 5.22. The Labute approximate surface area is 587 Å². The van der Waals surface area contributed by atoms with Crippen LogP contribution in [0.4, 0.5) is 0 Å². The molecular weight excluding hydrogens is 1390 g/mol. The largest absolute Gasteiger partial charge is 0.305 e. The van der Waals surface area contributed by atoms with E-state index in [1.807, 2.05) is 115 Å². The molecule has 18 rings (SSSR count). The molecule has 0 amide bonds. The number of fused-ring (bicyclic) bond motifs is 12. The van der Waals surface area contributed by atoms with E-state index in [2.05, 4.69) is 270 Å². The zero-order chi connectivity index (χ0) is 65.5. The maximum atomic E-state index is 5.22. The van der Waals surface area contributed by atoms with Crippen LogP contribution in [-0.2, 0) is 25.5 Å². The molecule has 0 aliphatic carbocycles. The van der Waals surface area contributed by atoms with Crippen molar-refractivity contribution >= 4 is 85.9 Å². The van der Waals surface area contributed by atoms with Crippen molar-refractivity contribution in [2.45, 2.75) is 26.2 Å². The summed E-state index contributed by atoms with van der Waals surface area (Å²) in [5.74, 6) is 0. The van der Waals surface area contributed by atoms with Crippen molar-refractivity contribution in [2.24, 2.45) is 0 Å². The van der Waals surface area contributed by atoms with Crippen LogP contribution in [0.3, 0.4) is 0 Å². The van der Waals surface area contributed by atoms with Crippen LogP contribution in [0.2, 0.25) is 0 Å². The Morgan fingerprint density at radius 1 is 0.306 bits per heavy atom.